The summed E-state index contributed by atoms with van der Waals surface area (Å²) >= 11 is 0. The molecule has 6 nitrogen and oxygen atoms in total. The minimum Gasteiger partial charge on any atom is -0.480 e. The average Bonchev–Trinajstić information content (AvgIpc) is 2.50. The lowest BCUT2D eigenvalue weighted by atomic mass is 9.74. The lowest BCUT2D eigenvalue weighted by Crippen LogP contribution is -2.45. The molecule has 0 fully saturated rings. The Bertz CT molecular complexity index is 615. The molecule has 0 unspecified atom stereocenters. The molecule has 0 spiro atoms. The zero-order valence-electron chi connectivity index (χ0n) is 10.8. The minimum atomic E-state index is -2.14. The number of carboxylic acids is 1. The Morgan fingerprint density at radius 3 is 1.67 bits per heavy atom. The molecule has 2 aromatic rings. The van der Waals surface area contributed by atoms with Crippen molar-refractivity contribution in [3.63, 3.8) is 0 Å². The molecule has 0 saturated carbocycles. The molecule has 6 heteroatoms. The smallest absolute Gasteiger partial charge is 0.364 e. The van der Waals surface area contributed by atoms with E-state index in [1.54, 1.807) is 36.4 Å². The third kappa shape index (κ3) is 2.38. The predicted molar refractivity (Wildman–Crippen MR) is 73.2 cm³/mol. The molecule has 0 aromatic heterocycles. The third-order valence-electron chi connectivity index (χ3n) is 3.16. The molecular formula is C15H11NO5. The van der Waals surface area contributed by atoms with Crippen molar-refractivity contribution in [3.05, 3.63) is 76.7 Å². The second-order valence-corrected chi connectivity index (χ2v) is 4.24. The van der Waals surface area contributed by atoms with Crippen LogP contribution in [-0.2, 0) is 19.8 Å². The van der Waals surface area contributed by atoms with Crippen molar-refractivity contribution in [3.8, 4) is 0 Å². The molecule has 21 heavy (non-hydrogen) atoms. The fraction of sp³-hybridized carbons (Fsp3) is 0.0667. The topological polar surface area (TPSA) is 93.0 Å². The maximum atomic E-state index is 12.2. The van der Waals surface area contributed by atoms with Gasteiger partial charge in [-0.15, -0.1) is 4.91 Å². The van der Waals surface area contributed by atoms with Gasteiger partial charge in [0, 0.05) is 0 Å². The van der Waals surface area contributed by atoms with Crippen LogP contribution < -0.4 is 0 Å². The van der Waals surface area contributed by atoms with Crippen LogP contribution in [0.15, 0.2) is 66.0 Å². The first-order valence-electron chi connectivity index (χ1n) is 6.02. The van der Waals surface area contributed by atoms with Crippen molar-refractivity contribution in [2.24, 2.45) is 5.34 Å². The summed E-state index contributed by atoms with van der Waals surface area (Å²) in [5.74, 6) is -2.71. The minimum absolute atomic E-state index is 0.178. The molecule has 0 heterocycles. The fourth-order valence-corrected chi connectivity index (χ4v) is 2.22. The molecule has 0 bridgehead atoms. The summed E-state index contributed by atoms with van der Waals surface area (Å²) in [7, 11) is 0. The Balaban J connectivity index is 2.76. The zero-order valence-corrected chi connectivity index (χ0v) is 10.8. The van der Waals surface area contributed by atoms with Gasteiger partial charge in [0.15, 0.2) is 5.34 Å². The highest BCUT2D eigenvalue weighted by atomic mass is 16.7. The van der Waals surface area contributed by atoms with Gasteiger partial charge in [-0.05, 0) is 11.1 Å². The molecule has 0 amide bonds. The molecule has 0 atom stereocenters. The van der Waals surface area contributed by atoms with Gasteiger partial charge >= 0.3 is 11.9 Å². The first-order valence-corrected chi connectivity index (χ1v) is 6.02. The van der Waals surface area contributed by atoms with E-state index in [4.69, 9.17) is 0 Å². The van der Waals surface area contributed by atoms with Gasteiger partial charge in [-0.25, -0.2) is 4.79 Å². The monoisotopic (exact) mass is 285 g/mol. The van der Waals surface area contributed by atoms with Crippen molar-refractivity contribution in [2.75, 3.05) is 0 Å². The van der Waals surface area contributed by atoms with Crippen molar-refractivity contribution >= 4 is 11.9 Å². The number of rotatable bonds is 5. The van der Waals surface area contributed by atoms with E-state index in [0.717, 1.165) is 0 Å². The van der Waals surface area contributed by atoms with Gasteiger partial charge in [-0.1, -0.05) is 60.7 Å². The number of carbonyl (C=O) groups is 2. The highest BCUT2D eigenvalue weighted by molar-refractivity contribution is 6.09. The molecule has 106 valence electrons. The highest BCUT2D eigenvalue weighted by Gasteiger charge is 2.52. The van der Waals surface area contributed by atoms with Crippen LogP contribution in [0.3, 0.4) is 0 Å². The summed E-state index contributed by atoms with van der Waals surface area (Å²) in [5, 5.41) is 11.8. The standard InChI is InChI=1S/C15H11NO5/c17-13(18)15(14(19)21-16-20,11-7-3-1-4-8-11)12-9-5-2-6-10-12/h1-10H,(H,17,18). The Morgan fingerprint density at radius 2 is 1.33 bits per heavy atom. The highest BCUT2D eigenvalue weighted by Crippen LogP contribution is 2.34. The van der Waals surface area contributed by atoms with Crippen LogP contribution in [0.1, 0.15) is 11.1 Å². The Morgan fingerprint density at radius 1 is 0.905 bits per heavy atom. The van der Waals surface area contributed by atoms with Gasteiger partial charge in [0.2, 0.25) is 5.41 Å². The summed E-state index contributed by atoms with van der Waals surface area (Å²) in [4.78, 5) is 38.5. The van der Waals surface area contributed by atoms with Crippen LogP contribution in [0.4, 0.5) is 0 Å². The number of benzene rings is 2. The van der Waals surface area contributed by atoms with E-state index in [1.807, 2.05) is 0 Å². The van der Waals surface area contributed by atoms with Crippen molar-refractivity contribution in [2.45, 2.75) is 5.41 Å². The van der Waals surface area contributed by atoms with Gasteiger partial charge in [0.05, 0.1) is 0 Å². The molecular weight excluding hydrogens is 274 g/mol. The second kappa shape index (κ2) is 5.96. The molecule has 0 aliphatic carbocycles. The van der Waals surface area contributed by atoms with Gasteiger partial charge in [-0.2, -0.15) is 0 Å². The van der Waals surface area contributed by atoms with Crippen LogP contribution in [-0.4, -0.2) is 17.0 Å². The quantitative estimate of drug-likeness (QED) is 0.517. The molecule has 2 aromatic carbocycles. The van der Waals surface area contributed by atoms with Crippen molar-refractivity contribution < 1.29 is 19.5 Å². The molecule has 2 rings (SSSR count). The van der Waals surface area contributed by atoms with E-state index in [-0.39, 0.29) is 11.1 Å². The number of hydrogen-bond acceptors (Lipinski definition) is 5. The first-order chi connectivity index (χ1) is 10.1. The first kappa shape index (κ1) is 14.4. The average molecular weight is 285 g/mol. The van der Waals surface area contributed by atoms with Crippen molar-refractivity contribution in [1.82, 2.24) is 0 Å². The van der Waals surface area contributed by atoms with Crippen molar-refractivity contribution in [1.29, 1.82) is 0 Å². The number of aliphatic carboxylic acids is 1. The van der Waals surface area contributed by atoms with Crippen LogP contribution in [0.2, 0.25) is 0 Å². The van der Waals surface area contributed by atoms with Crippen LogP contribution in [0, 0.1) is 4.91 Å². The van der Waals surface area contributed by atoms with Gasteiger partial charge < -0.3 is 5.11 Å². The zero-order chi connectivity index (χ0) is 15.3. The maximum absolute atomic E-state index is 12.2. The lowest BCUT2D eigenvalue weighted by Gasteiger charge is -2.26. The predicted octanol–water partition coefficient (Wildman–Crippen LogP) is 2.28. The third-order valence-corrected chi connectivity index (χ3v) is 3.16. The largest absolute Gasteiger partial charge is 0.480 e. The van der Waals surface area contributed by atoms with E-state index in [2.05, 4.69) is 10.2 Å². The summed E-state index contributed by atoms with van der Waals surface area (Å²) in [6.07, 6.45) is 0. The summed E-state index contributed by atoms with van der Waals surface area (Å²) < 4.78 is 0. The Kier molecular flexibility index (Phi) is 4.08. The lowest BCUT2D eigenvalue weighted by molar-refractivity contribution is -0.159. The summed E-state index contributed by atoms with van der Waals surface area (Å²) in [6.45, 7) is 0. The second-order valence-electron chi connectivity index (χ2n) is 4.24. The SMILES string of the molecule is O=NOC(=O)C(C(=O)O)(c1ccccc1)c1ccccc1. The van der Waals surface area contributed by atoms with Crippen LogP contribution in [0.25, 0.3) is 0 Å². The van der Waals surface area contributed by atoms with Gasteiger partial charge in [0.25, 0.3) is 0 Å². The van der Waals surface area contributed by atoms with E-state index in [9.17, 15) is 19.6 Å². The van der Waals surface area contributed by atoms with Gasteiger partial charge in [0.1, 0.15) is 0 Å². The van der Waals surface area contributed by atoms with E-state index < -0.39 is 17.4 Å². The molecule has 0 aliphatic rings. The Labute approximate surface area is 119 Å². The number of nitrogens with zero attached hydrogens (tertiary/aromatic N) is 1. The van der Waals surface area contributed by atoms with Crippen LogP contribution >= 0.6 is 0 Å². The van der Waals surface area contributed by atoms with E-state index in [0.29, 0.717) is 0 Å². The summed E-state index contributed by atoms with van der Waals surface area (Å²) in [5.41, 5.74) is -1.79. The normalized spacial score (nSPS) is 10.7. The summed E-state index contributed by atoms with van der Waals surface area (Å²) in [6, 6.07) is 15.7. The molecule has 0 radical (unpaired) electrons. The van der Waals surface area contributed by atoms with Gasteiger partial charge in [-0.3, -0.25) is 9.63 Å². The van der Waals surface area contributed by atoms with E-state index >= 15 is 0 Å². The van der Waals surface area contributed by atoms with E-state index in [1.165, 1.54) is 24.3 Å². The maximum Gasteiger partial charge on any atom is 0.364 e. The molecule has 1 N–H and O–H groups in total. The van der Waals surface area contributed by atoms with Crippen LogP contribution in [0.5, 0.6) is 0 Å². The molecule has 0 saturated heterocycles. The number of hydrogen-bond donors (Lipinski definition) is 1. The number of carboxylic acid groups (broad SMARTS) is 1. The number of carbonyl (C=O) groups excluding carboxylic acids is 1. The fourth-order valence-electron chi connectivity index (χ4n) is 2.22. The Hall–Kier alpha value is -3.02. The molecule has 0 aliphatic heterocycles.